The first-order valence-electron chi connectivity index (χ1n) is 3.05. The Labute approximate surface area is 56.1 Å². The Hall–Kier alpha value is -0.850. The van der Waals surface area contributed by atoms with Crippen LogP contribution in [0.15, 0.2) is 18.2 Å². The molecule has 1 heteroatoms. The second kappa shape index (κ2) is 7.15. The van der Waals surface area contributed by atoms with E-state index < -0.39 is 0 Å². The summed E-state index contributed by atoms with van der Waals surface area (Å²) in [6.45, 7) is 5.06. The smallest absolute Gasteiger partial charge is 0.120 e. The van der Waals surface area contributed by atoms with Crippen LogP contribution >= 0.6 is 0 Å². The molecule has 0 saturated carbocycles. The zero-order valence-corrected chi connectivity index (χ0v) is 5.42. The molecule has 0 unspecified atom stereocenters. The van der Waals surface area contributed by atoms with Gasteiger partial charge in [-0.3, -0.25) is 0 Å². The van der Waals surface area contributed by atoms with Gasteiger partial charge >= 0.3 is 0 Å². The van der Waals surface area contributed by atoms with Crippen molar-refractivity contribution in [3.05, 3.63) is 24.8 Å². The number of hydrogen-bond donors (Lipinski definition) is 0. The van der Waals surface area contributed by atoms with E-state index >= 15 is 0 Å². The minimum atomic E-state index is 0.648. The van der Waals surface area contributed by atoms with E-state index in [-0.39, 0.29) is 0 Å². The second-order valence-electron chi connectivity index (χ2n) is 1.72. The predicted molar refractivity (Wildman–Crippen MR) is 37.9 cm³/mol. The van der Waals surface area contributed by atoms with E-state index in [4.69, 9.17) is 6.58 Å². The maximum Gasteiger partial charge on any atom is 0.120 e. The monoisotopic (exact) mass is 123 g/mol. The van der Waals surface area contributed by atoms with Crippen molar-refractivity contribution in [1.82, 2.24) is 0 Å². The van der Waals surface area contributed by atoms with Gasteiger partial charge < -0.3 is 4.79 Å². The standard InChI is InChI=1S/C8H11O/c1-2-3-4-5-6-7-8-9/h1-4,8H,5-7H2. The summed E-state index contributed by atoms with van der Waals surface area (Å²) in [5, 5.41) is 0. The quantitative estimate of drug-likeness (QED) is 0.310. The predicted octanol–water partition coefficient (Wildman–Crippen LogP) is 1.90. The highest BCUT2D eigenvalue weighted by atomic mass is 16.1. The molecule has 0 spiro atoms. The number of hydrogen-bond acceptors (Lipinski definition) is 1. The molecule has 0 aliphatic rings. The van der Waals surface area contributed by atoms with Gasteiger partial charge in [0.1, 0.15) is 6.29 Å². The van der Waals surface area contributed by atoms with E-state index in [2.05, 4.69) is 0 Å². The molecule has 0 aromatic rings. The summed E-state index contributed by atoms with van der Waals surface area (Å²) in [6.07, 6.45) is 8.66. The number of carbonyl (C=O) groups is 1. The van der Waals surface area contributed by atoms with Gasteiger partial charge in [0, 0.05) is 6.42 Å². The third-order valence-electron chi connectivity index (χ3n) is 0.940. The molecule has 0 bridgehead atoms. The summed E-state index contributed by atoms with van der Waals surface area (Å²) in [4.78, 5) is 9.78. The summed E-state index contributed by atoms with van der Waals surface area (Å²) in [7, 11) is 0. The van der Waals surface area contributed by atoms with E-state index in [0.717, 1.165) is 19.1 Å². The Morgan fingerprint density at radius 3 is 2.67 bits per heavy atom. The van der Waals surface area contributed by atoms with Crippen LogP contribution in [0.5, 0.6) is 0 Å². The fourth-order valence-corrected chi connectivity index (χ4v) is 0.494. The summed E-state index contributed by atoms with van der Waals surface area (Å²) >= 11 is 0. The van der Waals surface area contributed by atoms with Gasteiger partial charge in [-0.25, -0.2) is 0 Å². The number of unbranched alkanes of at least 4 members (excludes halogenated alkanes) is 2. The summed E-state index contributed by atoms with van der Waals surface area (Å²) in [5.41, 5.74) is 0. The lowest BCUT2D eigenvalue weighted by Crippen LogP contribution is -1.72. The Balaban J connectivity index is 2.98. The highest BCUT2D eigenvalue weighted by Gasteiger charge is 1.78. The number of carbonyl (C=O) groups excluding carboxylic acids is 1. The average Bonchev–Trinajstić information content (AvgIpc) is 1.89. The lowest BCUT2D eigenvalue weighted by Gasteiger charge is -1.83. The van der Waals surface area contributed by atoms with Gasteiger partial charge in [-0.2, -0.15) is 0 Å². The van der Waals surface area contributed by atoms with Crippen molar-refractivity contribution in [2.75, 3.05) is 0 Å². The Morgan fingerprint density at radius 2 is 2.11 bits per heavy atom. The number of aldehydes is 1. The summed E-state index contributed by atoms with van der Waals surface area (Å²) in [5.74, 6) is 0. The highest BCUT2D eigenvalue weighted by Crippen LogP contribution is 1.92. The van der Waals surface area contributed by atoms with Gasteiger partial charge in [-0.1, -0.05) is 24.8 Å². The van der Waals surface area contributed by atoms with E-state index in [0.29, 0.717) is 6.42 Å². The SMILES string of the molecule is [CH]=CC=CCCCC=O. The molecule has 49 valence electrons. The molecule has 0 aliphatic carbocycles. The maximum absolute atomic E-state index is 9.78. The summed E-state index contributed by atoms with van der Waals surface area (Å²) < 4.78 is 0. The van der Waals surface area contributed by atoms with Crippen LogP contribution in [0.25, 0.3) is 0 Å². The first-order chi connectivity index (χ1) is 4.41. The average molecular weight is 123 g/mol. The van der Waals surface area contributed by atoms with Crippen LogP contribution in [0.1, 0.15) is 19.3 Å². The molecule has 0 amide bonds. The van der Waals surface area contributed by atoms with Crippen LogP contribution < -0.4 is 0 Å². The minimum Gasteiger partial charge on any atom is -0.303 e. The Kier molecular flexibility index (Phi) is 6.47. The van der Waals surface area contributed by atoms with Gasteiger partial charge in [0.15, 0.2) is 0 Å². The molecule has 0 rings (SSSR count). The largest absolute Gasteiger partial charge is 0.303 e. The van der Waals surface area contributed by atoms with Gasteiger partial charge in [0.2, 0.25) is 0 Å². The molecule has 1 nitrogen and oxygen atoms in total. The Bertz CT molecular complexity index is 103. The van der Waals surface area contributed by atoms with E-state index in [1.807, 2.05) is 6.08 Å². The molecular weight excluding hydrogens is 112 g/mol. The topological polar surface area (TPSA) is 17.1 Å². The molecule has 0 atom stereocenters. The third-order valence-corrected chi connectivity index (χ3v) is 0.940. The van der Waals surface area contributed by atoms with Crippen molar-refractivity contribution in [3.8, 4) is 0 Å². The Morgan fingerprint density at radius 1 is 1.33 bits per heavy atom. The van der Waals surface area contributed by atoms with Crippen LogP contribution in [0.3, 0.4) is 0 Å². The number of rotatable bonds is 5. The molecule has 0 heterocycles. The van der Waals surface area contributed by atoms with Crippen LogP contribution in [-0.4, -0.2) is 6.29 Å². The molecule has 0 saturated heterocycles. The molecule has 0 aliphatic heterocycles. The van der Waals surface area contributed by atoms with Crippen LogP contribution in [0, 0.1) is 6.58 Å². The van der Waals surface area contributed by atoms with Crippen molar-refractivity contribution in [2.24, 2.45) is 0 Å². The van der Waals surface area contributed by atoms with Gasteiger partial charge in [0.05, 0.1) is 0 Å². The van der Waals surface area contributed by atoms with Crippen molar-refractivity contribution in [1.29, 1.82) is 0 Å². The van der Waals surface area contributed by atoms with Crippen molar-refractivity contribution < 1.29 is 4.79 Å². The molecule has 0 N–H and O–H groups in total. The lowest BCUT2D eigenvalue weighted by molar-refractivity contribution is -0.107. The fourth-order valence-electron chi connectivity index (χ4n) is 0.494. The van der Waals surface area contributed by atoms with Crippen LogP contribution in [0.4, 0.5) is 0 Å². The second-order valence-corrected chi connectivity index (χ2v) is 1.72. The van der Waals surface area contributed by atoms with E-state index in [1.54, 1.807) is 6.08 Å². The van der Waals surface area contributed by atoms with Gasteiger partial charge in [0.25, 0.3) is 0 Å². The van der Waals surface area contributed by atoms with E-state index in [1.165, 1.54) is 6.08 Å². The lowest BCUT2D eigenvalue weighted by atomic mass is 10.2. The molecule has 0 fully saturated rings. The minimum absolute atomic E-state index is 0.648. The molecule has 1 radical (unpaired) electrons. The van der Waals surface area contributed by atoms with Crippen molar-refractivity contribution in [2.45, 2.75) is 19.3 Å². The molecular formula is C8H11O. The van der Waals surface area contributed by atoms with Crippen molar-refractivity contribution in [3.63, 3.8) is 0 Å². The normalized spacial score (nSPS) is 9.78. The number of allylic oxidation sites excluding steroid dienone is 3. The zero-order chi connectivity index (χ0) is 6.95. The molecule has 9 heavy (non-hydrogen) atoms. The van der Waals surface area contributed by atoms with Crippen LogP contribution in [-0.2, 0) is 4.79 Å². The van der Waals surface area contributed by atoms with E-state index in [9.17, 15) is 4.79 Å². The van der Waals surface area contributed by atoms with Gasteiger partial charge in [-0.15, -0.1) is 0 Å². The first-order valence-corrected chi connectivity index (χ1v) is 3.05. The van der Waals surface area contributed by atoms with Crippen molar-refractivity contribution >= 4 is 6.29 Å². The van der Waals surface area contributed by atoms with Gasteiger partial charge in [-0.05, 0) is 12.8 Å². The first kappa shape index (κ1) is 8.15. The van der Waals surface area contributed by atoms with Crippen LogP contribution in [0.2, 0.25) is 0 Å². The third kappa shape index (κ3) is 7.15. The molecule has 0 aromatic carbocycles. The maximum atomic E-state index is 9.78. The molecule has 0 aromatic heterocycles. The zero-order valence-electron chi connectivity index (χ0n) is 5.42. The fraction of sp³-hybridized carbons (Fsp3) is 0.375. The highest BCUT2D eigenvalue weighted by molar-refractivity contribution is 5.48. The summed E-state index contributed by atoms with van der Waals surface area (Å²) in [6, 6.07) is 0.